The molecule has 0 radical (unpaired) electrons. The summed E-state index contributed by atoms with van der Waals surface area (Å²) in [6.45, 7) is 3.84. The van der Waals surface area contributed by atoms with Crippen LogP contribution in [0.2, 0.25) is 10.3 Å². The second-order valence-electron chi connectivity index (χ2n) is 3.35. The summed E-state index contributed by atoms with van der Waals surface area (Å²) in [5.41, 5.74) is 0. The smallest absolute Gasteiger partial charge is 0.177 e. The summed E-state index contributed by atoms with van der Waals surface area (Å²) in [4.78, 5) is 4.05. The molecular formula is C7H7Cl2N3OS. The molecule has 76 valence electrons. The van der Waals surface area contributed by atoms with Gasteiger partial charge in [0.25, 0.3) is 0 Å². The highest BCUT2D eigenvalue weighted by atomic mass is 35.5. The molecule has 7 heteroatoms. The van der Waals surface area contributed by atoms with Gasteiger partial charge in [0.15, 0.2) is 21.3 Å². The van der Waals surface area contributed by atoms with Gasteiger partial charge in [-0.25, -0.2) is 4.98 Å². The first-order chi connectivity index (χ1) is 6.47. The van der Waals surface area contributed by atoms with Gasteiger partial charge in [-0.15, -0.1) is 0 Å². The fourth-order valence-electron chi connectivity index (χ4n) is 1.32. The molecule has 1 aliphatic heterocycles. The maximum atomic E-state index is 8.91. The van der Waals surface area contributed by atoms with Gasteiger partial charge in [-0.05, 0) is 13.8 Å². The number of hydrogen-bond donors (Lipinski definition) is 1. The molecule has 2 rings (SSSR count). The van der Waals surface area contributed by atoms with Crippen molar-refractivity contribution in [1.29, 1.82) is 0 Å². The lowest BCUT2D eigenvalue weighted by Gasteiger charge is -2.15. The SMILES string of the molecule is CC1(C)Sc2nc(Cl)c(Cl)n2C1=NO. The van der Waals surface area contributed by atoms with Crippen molar-refractivity contribution < 1.29 is 5.21 Å². The lowest BCUT2D eigenvalue weighted by atomic mass is 10.2. The number of hydrogen-bond acceptors (Lipinski definition) is 4. The maximum Gasteiger partial charge on any atom is 0.177 e. The van der Waals surface area contributed by atoms with Crippen LogP contribution in [-0.2, 0) is 0 Å². The minimum atomic E-state index is -0.342. The summed E-state index contributed by atoms with van der Waals surface area (Å²) in [5.74, 6) is 0.446. The highest BCUT2D eigenvalue weighted by molar-refractivity contribution is 8.01. The summed E-state index contributed by atoms with van der Waals surface area (Å²) in [6.07, 6.45) is 0. The molecule has 0 fully saturated rings. The third-order valence-corrected chi connectivity index (χ3v) is 3.80. The van der Waals surface area contributed by atoms with Crippen LogP contribution in [0.25, 0.3) is 0 Å². The highest BCUT2D eigenvalue weighted by Crippen LogP contribution is 2.43. The van der Waals surface area contributed by atoms with Gasteiger partial charge in [-0.1, -0.05) is 40.1 Å². The molecule has 1 aliphatic rings. The van der Waals surface area contributed by atoms with Gasteiger partial charge in [0.05, 0.1) is 4.75 Å². The number of aromatic nitrogens is 2. The van der Waals surface area contributed by atoms with Crippen molar-refractivity contribution in [2.75, 3.05) is 0 Å². The summed E-state index contributed by atoms with van der Waals surface area (Å²) in [7, 11) is 0. The van der Waals surface area contributed by atoms with E-state index < -0.39 is 0 Å². The van der Waals surface area contributed by atoms with Crippen LogP contribution in [0, 0.1) is 0 Å². The third-order valence-electron chi connectivity index (χ3n) is 1.94. The molecule has 1 aromatic heterocycles. The van der Waals surface area contributed by atoms with E-state index in [2.05, 4.69) is 10.1 Å². The van der Waals surface area contributed by atoms with Crippen LogP contribution < -0.4 is 0 Å². The van der Waals surface area contributed by atoms with E-state index in [9.17, 15) is 0 Å². The largest absolute Gasteiger partial charge is 0.409 e. The molecule has 0 bridgehead atoms. The fourth-order valence-corrected chi connectivity index (χ4v) is 2.87. The molecule has 2 heterocycles. The van der Waals surface area contributed by atoms with E-state index in [1.165, 1.54) is 11.8 Å². The zero-order valence-electron chi connectivity index (χ0n) is 7.45. The molecule has 1 aromatic rings. The van der Waals surface area contributed by atoms with E-state index in [1.54, 1.807) is 4.57 Å². The monoisotopic (exact) mass is 251 g/mol. The standard InChI is InChI=1S/C7H7Cl2N3OS/c1-7(2)5(11-13)12-4(9)3(8)10-6(12)14-7/h13H,1-2H3. The Bertz CT molecular complexity index is 427. The Morgan fingerprint density at radius 1 is 1.50 bits per heavy atom. The van der Waals surface area contributed by atoms with Crippen LogP contribution in [0.3, 0.4) is 0 Å². The molecule has 0 saturated carbocycles. The van der Waals surface area contributed by atoms with Crippen molar-refractivity contribution in [3.63, 3.8) is 0 Å². The Balaban J connectivity index is 2.65. The highest BCUT2D eigenvalue weighted by Gasteiger charge is 2.40. The number of oxime groups is 1. The van der Waals surface area contributed by atoms with Crippen LogP contribution in [0.15, 0.2) is 10.3 Å². The number of fused-ring (bicyclic) bond motifs is 1. The van der Waals surface area contributed by atoms with Crippen LogP contribution in [0.4, 0.5) is 0 Å². The second-order valence-corrected chi connectivity index (χ2v) is 5.65. The average molecular weight is 252 g/mol. The molecule has 0 aliphatic carbocycles. The molecule has 14 heavy (non-hydrogen) atoms. The van der Waals surface area contributed by atoms with Crippen LogP contribution in [0.1, 0.15) is 13.8 Å². The first kappa shape index (κ1) is 10.1. The van der Waals surface area contributed by atoms with E-state index in [4.69, 9.17) is 28.4 Å². The molecule has 0 spiro atoms. The first-order valence-electron chi connectivity index (χ1n) is 3.83. The normalized spacial score (nSPS) is 21.6. The summed E-state index contributed by atoms with van der Waals surface area (Å²) in [5, 5.41) is 13.3. The Morgan fingerprint density at radius 3 is 2.71 bits per heavy atom. The lowest BCUT2D eigenvalue weighted by Crippen LogP contribution is -2.28. The first-order valence-corrected chi connectivity index (χ1v) is 5.40. The van der Waals surface area contributed by atoms with Gasteiger partial charge in [-0.3, -0.25) is 4.57 Å². The minimum absolute atomic E-state index is 0.228. The minimum Gasteiger partial charge on any atom is -0.409 e. The van der Waals surface area contributed by atoms with E-state index in [0.29, 0.717) is 11.0 Å². The molecule has 0 amide bonds. The van der Waals surface area contributed by atoms with Crippen molar-refractivity contribution in [2.24, 2.45) is 5.16 Å². The molecule has 0 atom stereocenters. The van der Waals surface area contributed by atoms with Gasteiger partial charge in [0.1, 0.15) is 0 Å². The second kappa shape index (κ2) is 3.05. The summed E-state index contributed by atoms with van der Waals surface area (Å²) >= 11 is 13.1. The Morgan fingerprint density at radius 2 is 2.14 bits per heavy atom. The van der Waals surface area contributed by atoms with Gasteiger partial charge in [-0.2, -0.15) is 0 Å². The molecular weight excluding hydrogens is 245 g/mol. The number of halogens is 2. The maximum absolute atomic E-state index is 8.91. The topological polar surface area (TPSA) is 50.4 Å². The van der Waals surface area contributed by atoms with Crippen LogP contribution in [-0.4, -0.2) is 25.3 Å². The fraction of sp³-hybridized carbons (Fsp3) is 0.429. The van der Waals surface area contributed by atoms with Crippen molar-refractivity contribution >= 4 is 40.8 Å². The molecule has 0 saturated heterocycles. The quantitative estimate of drug-likeness (QED) is 0.570. The molecule has 0 unspecified atom stereocenters. The zero-order chi connectivity index (χ0) is 10.5. The summed E-state index contributed by atoms with van der Waals surface area (Å²) < 4.78 is 1.21. The van der Waals surface area contributed by atoms with Gasteiger partial charge >= 0.3 is 0 Å². The predicted octanol–water partition coefficient (Wildman–Crippen LogP) is 2.71. The Labute approximate surface area is 94.9 Å². The van der Waals surface area contributed by atoms with E-state index >= 15 is 0 Å². The summed E-state index contributed by atoms with van der Waals surface area (Å²) in [6, 6.07) is 0. The molecule has 4 nitrogen and oxygen atoms in total. The van der Waals surface area contributed by atoms with E-state index in [-0.39, 0.29) is 15.1 Å². The predicted molar refractivity (Wildman–Crippen MR) is 56.8 cm³/mol. The number of thioether (sulfide) groups is 1. The van der Waals surface area contributed by atoms with Crippen molar-refractivity contribution in [2.45, 2.75) is 23.8 Å². The van der Waals surface area contributed by atoms with E-state index in [0.717, 1.165) is 0 Å². The third kappa shape index (κ3) is 1.23. The number of nitrogens with zero attached hydrogens (tertiary/aromatic N) is 3. The molecule has 1 N–H and O–H groups in total. The van der Waals surface area contributed by atoms with Gasteiger partial charge in [0.2, 0.25) is 0 Å². The number of rotatable bonds is 0. The lowest BCUT2D eigenvalue weighted by molar-refractivity contribution is 0.314. The average Bonchev–Trinajstić information content (AvgIpc) is 2.46. The number of imidazole rings is 1. The molecule has 0 aromatic carbocycles. The van der Waals surface area contributed by atoms with Gasteiger partial charge in [0, 0.05) is 0 Å². The Hall–Kier alpha value is -0.390. The van der Waals surface area contributed by atoms with E-state index in [1.807, 2.05) is 13.8 Å². The zero-order valence-corrected chi connectivity index (χ0v) is 9.78. The Kier molecular flexibility index (Phi) is 2.21. The van der Waals surface area contributed by atoms with Crippen molar-refractivity contribution in [3.8, 4) is 0 Å². The van der Waals surface area contributed by atoms with Crippen LogP contribution in [0.5, 0.6) is 0 Å². The van der Waals surface area contributed by atoms with Crippen LogP contribution >= 0.6 is 35.0 Å². The van der Waals surface area contributed by atoms with Crippen molar-refractivity contribution in [3.05, 3.63) is 10.3 Å². The van der Waals surface area contributed by atoms with Crippen molar-refractivity contribution in [1.82, 2.24) is 9.55 Å². The van der Waals surface area contributed by atoms with Gasteiger partial charge < -0.3 is 5.21 Å².